The summed E-state index contributed by atoms with van der Waals surface area (Å²) < 4.78 is 4.86. The van der Waals surface area contributed by atoms with Crippen molar-refractivity contribution in [3.05, 3.63) is 200 Å². The summed E-state index contributed by atoms with van der Waals surface area (Å²) in [5, 5.41) is 9.81. The number of benzene rings is 9. The molecule has 3 heterocycles. The molecule has 0 bridgehead atoms. The molecule has 12 rings (SSSR count). The van der Waals surface area contributed by atoms with Gasteiger partial charge in [-0.25, -0.2) is 15.0 Å². The average Bonchev–Trinajstić information content (AvgIpc) is 3.81. The maximum atomic E-state index is 5.01. The zero-order chi connectivity index (χ0) is 38.2. The largest absolute Gasteiger partial charge is 0.309 e. The zero-order valence-corrected chi connectivity index (χ0v) is 31.3. The van der Waals surface area contributed by atoms with Gasteiger partial charge in [0.05, 0.1) is 22.1 Å². The third-order valence-electron chi connectivity index (χ3n) is 11.5. The van der Waals surface area contributed by atoms with Crippen LogP contribution in [0.2, 0.25) is 0 Å². The van der Waals surface area contributed by atoms with Crippen molar-refractivity contribution in [3.8, 4) is 45.5 Å². The molecule has 0 unspecified atom stereocenters. The third kappa shape index (κ3) is 5.07. The van der Waals surface area contributed by atoms with Gasteiger partial charge in [-0.3, -0.25) is 0 Å². The molecule has 5 heteroatoms. The zero-order valence-electron chi connectivity index (χ0n) is 31.3. The maximum Gasteiger partial charge on any atom is 0.164 e. The number of fused-ring (bicyclic) bond motifs is 9. The van der Waals surface area contributed by atoms with Gasteiger partial charge in [0.2, 0.25) is 0 Å². The highest BCUT2D eigenvalue weighted by atomic mass is 15.0. The van der Waals surface area contributed by atoms with Crippen LogP contribution in [0.15, 0.2) is 200 Å². The summed E-state index contributed by atoms with van der Waals surface area (Å²) >= 11 is 0. The van der Waals surface area contributed by atoms with Crippen molar-refractivity contribution in [2.24, 2.45) is 0 Å². The van der Waals surface area contributed by atoms with Gasteiger partial charge in [0.15, 0.2) is 17.5 Å². The van der Waals surface area contributed by atoms with Crippen LogP contribution in [0.4, 0.5) is 0 Å². The van der Waals surface area contributed by atoms with Crippen LogP contribution >= 0.6 is 0 Å². The van der Waals surface area contributed by atoms with Crippen LogP contribution in [0, 0.1) is 0 Å². The smallest absolute Gasteiger partial charge is 0.164 e. The van der Waals surface area contributed by atoms with Gasteiger partial charge in [-0.05, 0) is 70.8 Å². The van der Waals surface area contributed by atoms with Crippen LogP contribution in [-0.4, -0.2) is 24.1 Å². The van der Waals surface area contributed by atoms with Gasteiger partial charge in [0.25, 0.3) is 0 Å². The van der Waals surface area contributed by atoms with Crippen molar-refractivity contribution in [1.82, 2.24) is 24.1 Å². The minimum atomic E-state index is 0.633. The molecule has 270 valence electrons. The van der Waals surface area contributed by atoms with Gasteiger partial charge in [-0.2, -0.15) is 0 Å². The molecular formula is C53H33N5. The summed E-state index contributed by atoms with van der Waals surface area (Å²) in [6.07, 6.45) is 0. The molecule has 0 atom stereocenters. The first-order chi connectivity index (χ1) is 28.7. The Balaban J connectivity index is 1.08. The molecule has 9 aromatic carbocycles. The number of aromatic nitrogens is 5. The highest BCUT2D eigenvalue weighted by Crippen LogP contribution is 2.40. The first-order valence-electron chi connectivity index (χ1n) is 19.6. The normalized spacial score (nSPS) is 11.8. The monoisotopic (exact) mass is 739 g/mol. The molecule has 0 aliphatic carbocycles. The summed E-state index contributed by atoms with van der Waals surface area (Å²) in [4.78, 5) is 14.9. The third-order valence-corrected chi connectivity index (χ3v) is 11.5. The molecule has 0 spiro atoms. The van der Waals surface area contributed by atoms with E-state index in [2.05, 4.69) is 149 Å². The van der Waals surface area contributed by atoms with Crippen LogP contribution in [0.3, 0.4) is 0 Å². The lowest BCUT2D eigenvalue weighted by Crippen LogP contribution is -2.00. The number of hydrogen-bond acceptors (Lipinski definition) is 3. The Morgan fingerprint density at radius 2 is 0.776 bits per heavy atom. The Hall–Kier alpha value is -7.89. The Labute approximate surface area is 333 Å². The van der Waals surface area contributed by atoms with E-state index in [4.69, 9.17) is 15.0 Å². The Bertz CT molecular complexity index is 3490. The van der Waals surface area contributed by atoms with Crippen molar-refractivity contribution in [2.45, 2.75) is 0 Å². The Kier molecular flexibility index (Phi) is 7.16. The summed E-state index contributed by atoms with van der Waals surface area (Å²) in [7, 11) is 0. The summed E-state index contributed by atoms with van der Waals surface area (Å²) in [5.41, 5.74) is 9.70. The molecule has 0 aliphatic heterocycles. The summed E-state index contributed by atoms with van der Waals surface area (Å²) in [6.45, 7) is 0. The summed E-state index contributed by atoms with van der Waals surface area (Å²) in [6, 6.07) is 71.1. The molecule has 0 saturated carbocycles. The van der Waals surface area contributed by atoms with E-state index in [1.807, 2.05) is 60.7 Å². The Morgan fingerprint density at radius 1 is 0.276 bits per heavy atom. The van der Waals surface area contributed by atoms with E-state index in [0.717, 1.165) is 39.1 Å². The topological polar surface area (TPSA) is 48.5 Å². The van der Waals surface area contributed by atoms with Crippen LogP contribution < -0.4 is 0 Å². The Morgan fingerprint density at radius 3 is 1.47 bits per heavy atom. The van der Waals surface area contributed by atoms with Crippen molar-refractivity contribution in [2.75, 3.05) is 0 Å². The standard InChI is InChI=1S/C53H33N5/c1-3-14-35(15-4-1)51-54-52(36-16-5-2-6-17-36)56-53(55-51)37-23-26-40(27-24-37)57-48-32-39-19-8-7-18-38(39)31-46(48)44-30-28-41(33-49(44)57)58-47-22-12-11-21-43(47)45-29-25-34-13-9-10-20-42(34)50(45)58/h1-33H. The predicted octanol–water partition coefficient (Wildman–Crippen LogP) is 13.4. The summed E-state index contributed by atoms with van der Waals surface area (Å²) in [5.74, 6) is 1.93. The molecular weight excluding hydrogens is 707 g/mol. The van der Waals surface area contributed by atoms with E-state index < -0.39 is 0 Å². The maximum absolute atomic E-state index is 5.01. The second-order valence-electron chi connectivity index (χ2n) is 14.9. The minimum absolute atomic E-state index is 0.633. The quantitative estimate of drug-likeness (QED) is 0.177. The number of nitrogens with zero attached hydrogens (tertiary/aromatic N) is 5. The molecule has 0 radical (unpaired) electrons. The van der Waals surface area contributed by atoms with Crippen molar-refractivity contribution in [1.29, 1.82) is 0 Å². The first kappa shape index (κ1) is 32.4. The lowest BCUT2D eigenvalue weighted by molar-refractivity contribution is 1.07. The fourth-order valence-corrected chi connectivity index (χ4v) is 8.80. The van der Waals surface area contributed by atoms with Gasteiger partial charge in [-0.15, -0.1) is 0 Å². The van der Waals surface area contributed by atoms with E-state index in [-0.39, 0.29) is 0 Å². The highest BCUT2D eigenvalue weighted by Gasteiger charge is 2.19. The highest BCUT2D eigenvalue weighted by molar-refractivity contribution is 6.19. The van der Waals surface area contributed by atoms with Gasteiger partial charge in [0.1, 0.15) is 0 Å². The number of hydrogen-bond donors (Lipinski definition) is 0. The van der Waals surface area contributed by atoms with Crippen molar-refractivity contribution < 1.29 is 0 Å². The lowest BCUT2D eigenvalue weighted by atomic mass is 10.1. The molecule has 0 saturated heterocycles. The number of para-hydroxylation sites is 1. The molecule has 0 amide bonds. The van der Waals surface area contributed by atoms with E-state index in [1.165, 1.54) is 54.1 Å². The number of rotatable bonds is 5. The van der Waals surface area contributed by atoms with E-state index in [9.17, 15) is 0 Å². The fourth-order valence-electron chi connectivity index (χ4n) is 8.80. The lowest BCUT2D eigenvalue weighted by Gasteiger charge is -2.13. The molecule has 3 aromatic heterocycles. The molecule has 0 fully saturated rings. The first-order valence-corrected chi connectivity index (χ1v) is 19.6. The van der Waals surface area contributed by atoms with Crippen LogP contribution in [0.25, 0.3) is 111 Å². The molecule has 0 aliphatic rings. The van der Waals surface area contributed by atoms with Crippen LogP contribution in [0.5, 0.6) is 0 Å². The SMILES string of the molecule is c1ccc(-c2nc(-c3ccccc3)nc(-c3ccc(-n4c5cc(-n6c7ccccc7c7ccc8ccccc8c76)ccc5c5cc6ccccc6cc54)cc3)n2)cc1. The second-order valence-corrected chi connectivity index (χ2v) is 14.9. The molecule has 5 nitrogen and oxygen atoms in total. The molecule has 0 N–H and O–H groups in total. The van der Waals surface area contributed by atoms with Crippen molar-refractivity contribution >= 4 is 65.2 Å². The van der Waals surface area contributed by atoms with E-state index in [0.29, 0.717) is 17.5 Å². The average molecular weight is 740 g/mol. The van der Waals surface area contributed by atoms with E-state index >= 15 is 0 Å². The van der Waals surface area contributed by atoms with Gasteiger partial charge in [0, 0.05) is 55.0 Å². The van der Waals surface area contributed by atoms with Gasteiger partial charge < -0.3 is 9.13 Å². The minimum Gasteiger partial charge on any atom is -0.309 e. The van der Waals surface area contributed by atoms with Crippen molar-refractivity contribution in [3.63, 3.8) is 0 Å². The second kappa shape index (κ2) is 12.8. The molecule has 12 aromatic rings. The van der Waals surface area contributed by atoms with E-state index in [1.54, 1.807) is 0 Å². The van der Waals surface area contributed by atoms with Crippen LogP contribution in [-0.2, 0) is 0 Å². The van der Waals surface area contributed by atoms with Gasteiger partial charge >= 0.3 is 0 Å². The fraction of sp³-hybridized carbons (Fsp3) is 0. The molecule has 58 heavy (non-hydrogen) atoms. The van der Waals surface area contributed by atoms with Crippen LogP contribution in [0.1, 0.15) is 0 Å². The predicted molar refractivity (Wildman–Crippen MR) is 240 cm³/mol. The van der Waals surface area contributed by atoms with Gasteiger partial charge in [-0.1, -0.05) is 146 Å².